The van der Waals surface area contributed by atoms with E-state index in [1.807, 2.05) is 6.07 Å². The molecule has 0 N–H and O–H groups in total. The van der Waals surface area contributed by atoms with Crippen LogP contribution in [-0.4, -0.2) is 25.8 Å². The highest BCUT2D eigenvalue weighted by molar-refractivity contribution is 7.89. The summed E-state index contributed by atoms with van der Waals surface area (Å²) in [5.41, 5.74) is 0.355. The molecular weight excluding hydrogens is 224 g/mol. The molecule has 0 radical (unpaired) electrons. The summed E-state index contributed by atoms with van der Waals surface area (Å²) in [6.07, 6.45) is 0. The van der Waals surface area contributed by atoms with E-state index in [-0.39, 0.29) is 4.90 Å². The monoisotopic (exact) mass is 238 g/mol. The molecule has 1 rings (SSSR count). The van der Waals surface area contributed by atoms with Crippen LogP contribution in [0.15, 0.2) is 29.2 Å². The fourth-order valence-electron chi connectivity index (χ4n) is 1.44. The largest absolute Gasteiger partial charge is 0.243 e. The number of sulfonamides is 1. The Hall–Kier alpha value is -1.38. The third-order valence-electron chi connectivity index (χ3n) is 2.31. The maximum atomic E-state index is 12.1. The molecule has 0 spiro atoms. The Morgan fingerprint density at radius 3 is 2.44 bits per heavy atom. The Bertz CT molecular complexity index is 499. The van der Waals surface area contributed by atoms with Gasteiger partial charge in [-0.05, 0) is 18.2 Å². The van der Waals surface area contributed by atoms with Gasteiger partial charge in [0.15, 0.2) is 0 Å². The predicted molar refractivity (Wildman–Crippen MR) is 61.3 cm³/mol. The summed E-state index contributed by atoms with van der Waals surface area (Å²) >= 11 is 0. The molecule has 0 atom stereocenters. The Balaban J connectivity index is 3.22. The second-order valence-corrected chi connectivity index (χ2v) is 5.17. The first-order valence-corrected chi connectivity index (χ1v) is 6.50. The second-order valence-electron chi connectivity index (χ2n) is 3.23. The van der Waals surface area contributed by atoms with E-state index in [1.165, 1.54) is 16.4 Å². The minimum absolute atomic E-state index is 0.176. The average Bonchev–Trinajstić information content (AvgIpc) is 2.30. The number of rotatable bonds is 4. The molecule has 0 aliphatic rings. The van der Waals surface area contributed by atoms with Crippen molar-refractivity contribution in [2.45, 2.75) is 18.7 Å². The van der Waals surface area contributed by atoms with E-state index in [2.05, 4.69) is 0 Å². The van der Waals surface area contributed by atoms with Crippen molar-refractivity contribution in [1.29, 1.82) is 5.26 Å². The van der Waals surface area contributed by atoms with Gasteiger partial charge in [0, 0.05) is 13.1 Å². The third kappa shape index (κ3) is 2.40. The topological polar surface area (TPSA) is 61.2 Å². The highest BCUT2D eigenvalue weighted by Crippen LogP contribution is 2.16. The van der Waals surface area contributed by atoms with Crippen LogP contribution < -0.4 is 0 Å². The van der Waals surface area contributed by atoms with Crippen molar-refractivity contribution in [3.8, 4) is 6.07 Å². The van der Waals surface area contributed by atoms with Gasteiger partial charge in [-0.15, -0.1) is 0 Å². The minimum Gasteiger partial charge on any atom is -0.207 e. The minimum atomic E-state index is -3.45. The Morgan fingerprint density at radius 2 is 1.94 bits per heavy atom. The van der Waals surface area contributed by atoms with Crippen molar-refractivity contribution in [2.24, 2.45) is 0 Å². The standard InChI is InChI=1S/C11H14N2O2S/c1-3-13(4-2)16(14,15)11-7-5-6-10(8-11)9-12/h5-8H,3-4H2,1-2H3. The quantitative estimate of drug-likeness (QED) is 0.800. The van der Waals surface area contributed by atoms with Crippen LogP contribution in [0, 0.1) is 11.3 Å². The maximum absolute atomic E-state index is 12.1. The number of hydrogen-bond donors (Lipinski definition) is 0. The molecule has 0 amide bonds. The number of hydrogen-bond acceptors (Lipinski definition) is 3. The van der Waals surface area contributed by atoms with Crippen molar-refractivity contribution >= 4 is 10.0 Å². The number of nitrogens with zero attached hydrogens (tertiary/aromatic N) is 2. The molecule has 0 saturated carbocycles. The highest BCUT2D eigenvalue weighted by atomic mass is 32.2. The van der Waals surface area contributed by atoms with Crippen LogP contribution in [-0.2, 0) is 10.0 Å². The van der Waals surface area contributed by atoms with Gasteiger partial charge in [-0.1, -0.05) is 19.9 Å². The van der Waals surface area contributed by atoms with Crippen LogP contribution in [0.25, 0.3) is 0 Å². The van der Waals surface area contributed by atoms with Crippen LogP contribution in [0.3, 0.4) is 0 Å². The zero-order valence-corrected chi connectivity index (χ0v) is 10.2. The summed E-state index contributed by atoms with van der Waals surface area (Å²) in [4.78, 5) is 0.176. The molecule has 0 aromatic heterocycles. The lowest BCUT2D eigenvalue weighted by Crippen LogP contribution is -2.30. The van der Waals surface area contributed by atoms with Gasteiger partial charge in [0.25, 0.3) is 0 Å². The summed E-state index contributed by atoms with van der Waals surface area (Å²) < 4.78 is 25.5. The molecule has 16 heavy (non-hydrogen) atoms. The zero-order chi connectivity index (χ0) is 12.2. The van der Waals surface area contributed by atoms with Crippen molar-refractivity contribution in [1.82, 2.24) is 4.31 Å². The lowest BCUT2D eigenvalue weighted by Gasteiger charge is -2.18. The van der Waals surface area contributed by atoms with E-state index in [9.17, 15) is 8.42 Å². The SMILES string of the molecule is CCN(CC)S(=O)(=O)c1cccc(C#N)c1. The molecule has 0 heterocycles. The van der Waals surface area contributed by atoms with Gasteiger partial charge in [-0.2, -0.15) is 9.57 Å². The Kier molecular flexibility index (Phi) is 4.05. The number of nitriles is 1. The molecule has 5 heteroatoms. The molecule has 86 valence electrons. The molecule has 0 aliphatic heterocycles. The molecule has 0 aliphatic carbocycles. The first-order valence-electron chi connectivity index (χ1n) is 5.06. The second kappa shape index (κ2) is 5.10. The van der Waals surface area contributed by atoms with Crippen molar-refractivity contribution in [3.63, 3.8) is 0 Å². The molecule has 0 saturated heterocycles. The van der Waals surface area contributed by atoms with E-state index in [1.54, 1.807) is 26.0 Å². The van der Waals surface area contributed by atoms with E-state index < -0.39 is 10.0 Å². The lowest BCUT2D eigenvalue weighted by molar-refractivity contribution is 0.445. The summed E-state index contributed by atoms with van der Waals surface area (Å²) in [6.45, 7) is 4.43. The van der Waals surface area contributed by atoms with Crippen molar-refractivity contribution in [2.75, 3.05) is 13.1 Å². The first kappa shape index (κ1) is 12.7. The molecule has 0 unspecified atom stereocenters. The summed E-state index contributed by atoms with van der Waals surface area (Å²) in [5, 5.41) is 8.72. The van der Waals surface area contributed by atoms with Crippen LogP contribution in [0.5, 0.6) is 0 Å². The molecule has 1 aromatic rings. The molecule has 0 bridgehead atoms. The Morgan fingerprint density at radius 1 is 1.31 bits per heavy atom. The fourth-order valence-corrected chi connectivity index (χ4v) is 2.94. The predicted octanol–water partition coefficient (Wildman–Crippen LogP) is 1.59. The van der Waals surface area contributed by atoms with Crippen LogP contribution in [0.2, 0.25) is 0 Å². The summed E-state index contributed by atoms with van der Waals surface area (Å²) in [7, 11) is -3.45. The smallest absolute Gasteiger partial charge is 0.207 e. The normalized spacial score (nSPS) is 11.4. The molecule has 0 fully saturated rings. The van der Waals surface area contributed by atoms with Crippen LogP contribution in [0.1, 0.15) is 19.4 Å². The molecule has 4 nitrogen and oxygen atoms in total. The van der Waals surface area contributed by atoms with Crippen LogP contribution in [0.4, 0.5) is 0 Å². The average molecular weight is 238 g/mol. The van der Waals surface area contributed by atoms with E-state index in [0.717, 1.165) is 0 Å². The van der Waals surface area contributed by atoms with E-state index in [4.69, 9.17) is 5.26 Å². The summed E-state index contributed by atoms with van der Waals surface area (Å²) in [5.74, 6) is 0. The Labute approximate surface area is 96.2 Å². The highest BCUT2D eigenvalue weighted by Gasteiger charge is 2.21. The lowest BCUT2D eigenvalue weighted by atomic mass is 10.2. The zero-order valence-electron chi connectivity index (χ0n) is 9.34. The van der Waals surface area contributed by atoms with Gasteiger partial charge < -0.3 is 0 Å². The summed E-state index contributed by atoms with van der Waals surface area (Å²) in [6, 6.07) is 8.00. The first-order chi connectivity index (χ1) is 7.56. The molecular formula is C11H14N2O2S. The number of benzene rings is 1. The van der Waals surface area contributed by atoms with Gasteiger partial charge in [0.05, 0.1) is 16.5 Å². The van der Waals surface area contributed by atoms with Gasteiger partial charge in [0.2, 0.25) is 10.0 Å². The fraction of sp³-hybridized carbons (Fsp3) is 0.364. The van der Waals surface area contributed by atoms with Crippen molar-refractivity contribution in [3.05, 3.63) is 29.8 Å². The van der Waals surface area contributed by atoms with Gasteiger partial charge in [0.1, 0.15) is 0 Å². The van der Waals surface area contributed by atoms with Gasteiger partial charge >= 0.3 is 0 Å². The molecule has 1 aromatic carbocycles. The van der Waals surface area contributed by atoms with Crippen molar-refractivity contribution < 1.29 is 8.42 Å². The van der Waals surface area contributed by atoms with E-state index >= 15 is 0 Å². The van der Waals surface area contributed by atoms with Gasteiger partial charge in [-0.3, -0.25) is 0 Å². The maximum Gasteiger partial charge on any atom is 0.243 e. The van der Waals surface area contributed by atoms with Crippen LogP contribution >= 0.6 is 0 Å². The third-order valence-corrected chi connectivity index (χ3v) is 4.35. The van der Waals surface area contributed by atoms with E-state index in [0.29, 0.717) is 18.7 Å². The van der Waals surface area contributed by atoms with Gasteiger partial charge in [-0.25, -0.2) is 8.42 Å².